The predicted molar refractivity (Wildman–Crippen MR) is 79.5 cm³/mol. The molecular formula is C14H18ClF3N2O2. The molecule has 1 aliphatic rings. The summed E-state index contributed by atoms with van der Waals surface area (Å²) in [5, 5.41) is 5.88. The second kappa shape index (κ2) is 8.24. The highest BCUT2D eigenvalue weighted by atomic mass is 35.5. The molecule has 1 atom stereocenters. The van der Waals surface area contributed by atoms with Gasteiger partial charge in [0.05, 0.1) is 0 Å². The van der Waals surface area contributed by atoms with E-state index < -0.39 is 12.8 Å². The van der Waals surface area contributed by atoms with Crippen LogP contribution in [-0.4, -0.2) is 31.3 Å². The average Bonchev–Trinajstić information content (AvgIpc) is 2.88. The molecule has 1 heterocycles. The van der Waals surface area contributed by atoms with Gasteiger partial charge in [-0.3, -0.25) is 4.79 Å². The van der Waals surface area contributed by atoms with Crippen molar-refractivity contribution in [2.75, 3.05) is 18.5 Å². The Kier molecular flexibility index (Phi) is 6.96. The molecule has 4 nitrogen and oxygen atoms in total. The number of carbonyl (C=O) groups is 1. The fraction of sp³-hybridized carbons (Fsp3) is 0.500. The Morgan fingerprint density at radius 1 is 1.41 bits per heavy atom. The van der Waals surface area contributed by atoms with Crippen LogP contribution in [0.2, 0.25) is 0 Å². The quantitative estimate of drug-likeness (QED) is 0.867. The van der Waals surface area contributed by atoms with Crippen molar-refractivity contribution >= 4 is 24.0 Å². The van der Waals surface area contributed by atoms with Crippen molar-refractivity contribution in [2.24, 2.45) is 0 Å². The van der Waals surface area contributed by atoms with E-state index in [0.717, 1.165) is 19.4 Å². The first-order valence-electron chi connectivity index (χ1n) is 6.75. The summed E-state index contributed by atoms with van der Waals surface area (Å²) in [5.41, 5.74) is 0.428. The summed E-state index contributed by atoms with van der Waals surface area (Å²) < 4.78 is 40.9. The number of amides is 1. The van der Waals surface area contributed by atoms with E-state index in [1.54, 1.807) is 6.07 Å². The Bertz CT molecular complexity index is 491. The highest BCUT2D eigenvalue weighted by Gasteiger charge is 2.28. The van der Waals surface area contributed by atoms with Crippen molar-refractivity contribution in [1.82, 2.24) is 5.32 Å². The summed E-state index contributed by atoms with van der Waals surface area (Å²) in [6.45, 7) is -0.435. The van der Waals surface area contributed by atoms with Crippen molar-refractivity contribution in [1.29, 1.82) is 0 Å². The van der Waals surface area contributed by atoms with Gasteiger partial charge in [-0.1, -0.05) is 6.07 Å². The van der Waals surface area contributed by atoms with Gasteiger partial charge in [0.1, 0.15) is 5.75 Å². The van der Waals surface area contributed by atoms with Gasteiger partial charge in [-0.25, -0.2) is 0 Å². The van der Waals surface area contributed by atoms with Crippen molar-refractivity contribution in [3.8, 4) is 5.75 Å². The molecule has 2 N–H and O–H groups in total. The lowest BCUT2D eigenvalue weighted by Crippen LogP contribution is -2.27. The lowest BCUT2D eigenvalue weighted by molar-refractivity contribution is -0.153. The first-order chi connectivity index (χ1) is 9.92. The van der Waals surface area contributed by atoms with Crippen LogP contribution in [0.4, 0.5) is 18.9 Å². The maximum absolute atomic E-state index is 12.1. The van der Waals surface area contributed by atoms with Crippen LogP contribution >= 0.6 is 12.4 Å². The minimum Gasteiger partial charge on any atom is -0.484 e. The third-order valence-electron chi connectivity index (χ3n) is 3.11. The number of nitrogens with one attached hydrogen (secondary N) is 2. The van der Waals surface area contributed by atoms with Crippen molar-refractivity contribution < 1.29 is 22.7 Å². The van der Waals surface area contributed by atoms with Gasteiger partial charge in [0.25, 0.3) is 0 Å². The minimum absolute atomic E-state index is 0. The van der Waals surface area contributed by atoms with Gasteiger partial charge in [-0.05, 0) is 31.5 Å². The lowest BCUT2D eigenvalue weighted by atomic mass is 10.1. The minimum atomic E-state index is -4.38. The van der Waals surface area contributed by atoms with Crippen molar-refractivity contribution in [2.45, 2.75) is 31.5 Å². The third-order valence-corrected chi connectivity index (χ3v) is 3.11. The first-order valence-corrected chi connectivity index (χ1v) is 6.75. The van der Waals surface area contributed by atoms with Crippen LogP contribution in [0.15, 0.2) is 24.3 Å². The number of carbonyl (C=O) groups excluding carboxylic acids is 1. The molecule has 0 bridgehead atoms. The molecular weight excluding hydrogens is 321 g/mol. The second-order valence-corrected chi connectivity index (χ2v) is 4.98. The van der Waals surface area contributed by atoms with Crippen LogP contribution in [0.25, 0.3) is 0 Å². The van der Waals surface area contributed by atoms with Gasteiger partial charge in [0.15, 0.2) is 6.61 Å². The van der Waals surface area contributed by atoms with Crippen LogP contribution in [0, 0.1) is 0 Å². The van der Waals surface area contributed by atoms with E-state index in [4.69, 9.17) is 0 Å². The molecule has 1 aromatic rings. The van der Waals surface area contributed by atoms with Crippen LogP contribution in [-0.2, 0) is 4.79 Å². The molecule has 8 heteroatoms. The van der Waals surface area contributed by atoms with Crippen LogP contribution in [0.3, 0.4) is 0 Å². The molecule has 1 unspecified atom stereocenters. The smallest absolute Gasteiger partial charge is 0.422 e. The number of alkyl halides is 3. The number of anilines is 1. The molecule has 2 rings (SSSR count). The van der Waals surface area contributed by atoms with E-state index in [1.165, 1.54) is 18.2 Å². The Hall–Kier alpha value is -1.47. The van der Waals surface area contributed by atoms with Crippen molar-refractivity contribution in [3.63, 3.8) is 0 Å². The zero-order valence-electron chi connectivity index (χ0n) is 11.8. The Morgan fingerprint density at radius 3 is 2.82 bits per heavy atom. The molecule has 0 aromatic heterocycles. The number of rotatable bonds is 5. The van der Waals surface area contributed by atoms with E-state index in [0.29, 0.717) is 12.1 Å². The van der Waals surface area contributed by atoms with Gasteiger partial charge in [0, 0.05) is 24.2 Å². The largest absolute Gasteiger partial charge is 0.484 e. The Balaban J connectivity index is 0.00000242. The third kappa shape index (κ3) is 6.53. The van der Waals surface area contributed by atoms with Crippen molar-refractivity contribution in [3.05, 3.63) is 24.3 Å². The maximum atomic E-state index is 12.1. The average molecular weight is 339 g/mol. The Labute approximate surface area is 132 Å². The van der Waals surface area contributed by atoms with E-state index in [-0.39, 0.29) is 30.1 Å². The summed E-state index contributed by atoms with van der Waals surface area (Å²) in [5.74, 6) is -0.0912. The molecule has 124 valence electrons. The zero-order chi connectivity index (χ0) is 15.3. The maximum Gasteiger partial charge on any atom is 0.422 e. The predicted octanol–water partition coefficient (Wildman–Crippen LogP) is 3.13. The fourth-order valence-electron chi connectivity index (χ4n) is 2.20. The molecule has 1 saturated heterocycles. The van der Waals surface area contributed by atoms with E-state index in [9.17, 15) is 18.0 Å². The number of benzene rings is 1. The molecule has 0 spiro atoms. The van der Waals surface area contributed by atoms with Gasteiger partial charge in [0.2, 0.25) is 5.91 Å². The van der Waals surface area contributed by atoms with E-state index in [1.807, 2.05) is 0 Å². The van der Waals surface area contributed by atoms with Gasteiger partial charge >= 0.3 is 6.18 Å². The fourth-order valence-corrected chi connectivity index (χ4v) is 2.20. The summed E-state index contributed by atoms with van der Waals surface area (Å²) in [6.07, 6.45) is -2.01. The monoisotopic (exact) mass is 338 g/mol. The zero-order valence-corrected chi connectivity index (χ0v) is 12.6. The highest BCUT2D eigenvalue weighted by molar-refractivity contribution is 5.91. The first kappa shape index (κ1) is 18.6. The highest BCUT2D eigenvalue weighted by Crippen LogP contribution is 2.21. The molecule has 22 heavy (non-hydrogen) atoms. The standard InChI is InChI=1S/C14H17F3N2O2.ClH/c15-14(16,17)9-21-12-5-1-3-11(7-12)19-13(20)8-10-4-2-6-18-10;/h1,3,5,7,10,18H,2,4,6,8-9H2,(H,19,20);1H. The van der Waals surface area contributed by atoms with Gasteiger partial charge < -0.3 is 15.4 Å². The molecule has 0 saturated carbocycles. The molecule has 1 fully saturated rings. The summed E-state index contributed by atoms with van der Waals surface area (Å²) in [7, 11) is 0. The van der Waals surface area contributed by atoms with Gasteiger partial charge in [-0.2, -0.15) is 13.2 Å². The SMILES string of the molecule is Cl.O=C(CC1CCCN1)Nc1cccc(OCC(F)(F)F)c1. The molecule has 1 amide bonds. The normalized spacial score (nSPS) is 17.7. The molecule has 0 aliphatic carbocycles. The molecule has 1 aromatic carbocycles. The van der Waals surface area contributed by atoms with Gasteiger partial charge in [-0.15, -0.1) is 12.4 Å². The van der Waals surface area contributed by atoms with E-state index >= 15 is 0 Å². The summed E-state index contributed by atoms with van der Waals surface area (Å²) >= 11 is 0. The van der Waals surface area contributed by atoms with Crippen LogP contribution in [0.5, 0.6) is 5.75 Å². The van der Waals surface area contributed by atoms with E-state index in [2.05, 4.69) is 15.4 Å². The van der Waals surface area contributed by atoms with Crippen LogP contribution in [0.1, 0.15) is 19.3 Å². The number of hydrogen-bond acceptors (Lipinski definition) is 3. The topological polar surface area (TPSA) is 50.4 Å². The lowest BCUT2D eigenvalue weighted by Gasteiger charge is -2.12. The second-order valence-electron chi connectivity index (χ2n) is 4.98. The summed E-state index contributed by atoms with van der Waals surface area (Å²) in [4.78, 5) is 11.8. The summed E-state index contributed by atoms with van der Waals surface area (Å²) in [6, 6.07) is 6.12. The number of ether oxygens (including phenoxy) is 1. The number of halogens is 4. The molecule has 1 aliphatic heterocycles. The van der Waals surface area contributed by atoms with Crippen LogP contribution < -0.4 is 15.4 Å². The Morgan fingerprint density at radius 2 is 2.18 bits per heavy atom. The number of hydrogen-bond donors (Lipinski definition) is 2. The molecule has 0 radical (unpaired) electrons.